The number of hydrogen-bond acceptors (Lipinski definition) is 8. The van der Waals surface area contributed by atoms with Gasteiger partial charge in [-0.1, -0.05) is 53.4 Å². The van der Waals surface area contributed by atoms with Crippen molar-refractivity contribution >= 4 is 5.97 Å². The van der Waals surface area contributed by atoms with Gasteiger partial charge in [0.2, 0.25) is 0 Å². The molecule has 1 saturated heterocycles. The van der Waals surface area contributed by atoms with Crippen LogP contribution in [0.3, 0.4) is 0 Å². The lowest BCUT2D eigenvalue weighted by molar-refractivity contribution is -0.326. The van der Waals surface area contributed by atoms with Crippen molar-refractivity contribution in [2.75, 3.05) is 46.8 Å². The van der Waals surface area contributed by atoms with Gasteiger partial charge in [0.15, 0.2) is 6.29 Å². The van der Waals surface area contributed by atoms with Crippen molar-refractivity contribution in [3.05, 3.63) is 0 Å². The number of hydrogen-bond donors (Lipinski definition) is 0. The van der Waals surface area contributed by atoms with Gasteiger partial charge in [-0.3, -0.25) is 4.79 Å². The third-order valence-corrected chi connectivity index (χ3v) is 6.29. The maximum Gasteiger partial charge on any atom is 0.313 e. The highest BCUT2D eigenvalue weighted by atomic mass is 16.7. The first-order valence-electron chi connectivity index (χ1n) is 14.1. The normalized spacial score (nSPS) is 24.7. The molecular formula is C28H54O8. The van der Waals surface area contributed by atoms with E-state index in [0.29, 0.717) is 33.0 Å². The molecular weight excluding hydrogens is 464 g/mol. The first-order chi connectivity index (χ1) is 17.4. The van der Waals surface area contributed by atoms with Crippen molar-refractivity contribution in [2.24, 2.45) is 5.41 Å². The number of unbranched alkanes of at least 4 members (excludes halogenated alkanes) is 4. The molecule has 36 heavy (non-hydrogen) atoms. The van der Waals surface area contributed by atoms with Gasteiger partial charge in [0.1, 0.15) is 24.4 Å². The van der Waals surface area contributed by atoms with Crippen LogP contribution in [0, 0.1) is 5.41 Å². The molecule has 1 aliphatic rings. The molecule has 0 aromatic rings. The minimum Gasteiger partial charge on any atom is -0.469 e. The van der Waals surface area contributed by atoms with Crippen LogP contribution in [0.25, 0.3) is 0 Å². The van der Waals surface area contributed by atoms with E-state index in [-0.39, 0.29) is 30.9 Å². The van der Waals surface area contributed by atoms with Crippen LogP contribution in [-0.4, -0.2) is 83.4 Å². The van der Waals surface area contributed by atoms with Crippen LogP contribution in [0.2, 0.25) is 0 Å². The molecule has 0 saturated carbocycles. The minimum atomic E-state index is -0.827. The molecule has 1 rings (SSSR count). The molecule has 0 aromatic heterocycles. The van der Waals surface area contributed by atoms with Crippen molar-refractivity contribution in [1.29, 1.82) is 0 Å². The maximum atomic E-state index is 12.3. The summed E-state index contributed by atoms with van der Waals surface area (Å²) < 4.78 is 42.8. The van der Waals surface area contributed by atoms with E-state index in [4.69, 9.17) is 33.2 Å². The monoisotopic (exact) mass is 518 g/mol. The van der Waals surface area contributed by atoms with Gasteiger partial charge in [0, 0.05) is 26.4 Å². The van der Waals surface area contributed by atoms with Gasteiger partial charge in [-0.2, -0.15) is 0 Å². The molecule has 0 amide bonds. The first kappa shape index (κ1) is 33.3. The van der Waals surface area contributed by atoms with Crippen LogP contribution < -0.4 is 0 Å². The Labute approximate surface area is 220 Å². The molecule has 0 N–H and O–H groups in total. The highest BCUT2D eigenvalue weighted by Crippen LogP contribution is 2.31. The quantitative estimate of drug-likeness (QED) is 0.150. The van der Waals surface area contributed by atoms with E-state index in [1.807, 2.05) is 0 Å². The fourth-order valence-electron chi connectivity index (χ4n) is 3.88. The van der Waals surface area contributed by atoms with Gasteiger partial charge < -0.3 is 33.2 Å². The predicted octanol–water partition coefficient (Wildman–Crippen LogP) is 5.30. The van der Waals surface area contributed by atoms with Gasteiger partial charge >= 0.3 is 5.97 Å². The zero-order chi connectivity index (χ0) is 26.8. The van der Waals surface area contributed by atoms with Gasteiger partial charge in [0.25, 0.3) is 0 Å². The van der Waals surface area contributed by atoms with Crippen molar-refractivity contribution in [3.63, 3.8) is 0 Å². The van der Waals surface area contributed by atoms with E-state index in [9.17, 15) is 4.79 Å². The molecule has 5 atom stereocenters. The van der Waals surface area contributed by atoms with Crippen molar-refractivity contribution in [3.8, 4) is 0 Å². The molecule has 3 unspecified atom stereocenters. The lowest BCUT2D eigenvalue weighted by Gasteiger charge is -2.46. The second kappa shape index (κ2) is 19.3. The summed E-state index contributed by atoms with van der Waals surface area (Å²) in [6, 6.07) is 0. The zero-order valence-corrected chi connectivity index (χ0v) is 24.1. The fraction of sp³-hybridized carbons (Fsp3) is 0.964. The molecule has 8 heteroatoms. The van der Waals surface area contributed by atoms with Crippen LogP contribution in [0.15, 0.2) is 0 Å². The maximum absolute atomic E-state index is 12.3. The SMILES string of the molecule is CCCCOCC1O[C@@H](OCC(C)(C)C(=O)OC)C(OCCCC)C(OCCCC)[C@H]1OCCCC. The van der Waals surface area contributed by atoms with Crippen molar-refractivity contribution in [1.82, 2.24) is 0 Å². The molecule has 8 nitrogen and oxygen atoms in total. The zero-order valence-electron chi connectivity index (χ0n) is 24.1. The third-order valence-electron chi connectivity index (χ3n) is 6.29. The van der Waals surface area contributed by atoms with Crippen molar-refractivity contribution in [2.45, 2.75) is 124 Å². The Morgan fingerprint density at radius 2 is 1.22 bits per heavy atom. The smallest absolute Gasteiger partial charge is 0.313 e. The van der Waals surface area contributed by atoms with Crippen LogP contribution in [0.1, 0.15) is 92.9 Å². The molecule has 0 bridgehead atoms. The Morgan fingerprint density at radius 3 is 1.75 bits per heavy atom. The van der Waals surface area contributed by atoms with Crippen molar-refractivity contribution < 1.29 is 38.0 Å². The first-order valence-corrected chi connectivity index (χ1v) is 14.1. The fourth-order valence-corrected chi connectivity index (χ4v) is 3.88. The van der Waals surface area contributed by atoms with Gasteiger partial charge in [-0.05, 0) is 39.5 Å². The Morgan fingerprint density at radius 1 is 0.722 bits per heavy atom. The number of rotatable bonds is 21. The Balaban J connectivity index is 3.19. The highest BCUT2D eigenvalue weighted by molar-refractivity contribution is 5.75. The van der Waals surface area contributed by atoms with E-state index in [1.165, 1.54) is 7.11 Å². The summed E-state index contributed by atoms with van der Waals surface area (Å²) >= 11 is 0. The third kappa shape index (κ3) is 11.7. The number of ether oxygens (including phenoxy) is 7. The number of methoxy groups -OCH3 is 1. The second-order valence-corrected chi connectivity index (χ2v) is 10.2. The highest BCUT2D eigenvalue weighted by Gasteiger charge is 2.49. The Bertz CT molecular complexity index is 556. The molecule has 0 radical (unpaired) electrons. The molecule has 0 aliphatic carbocycles. The number of esters is 1. The average Bonchev–Trinajstić information content (AvgIpc) is 2.87. The molecule has 1 fully saturated rings. The summed E-state index contributed by atoms with van der Waals surface area (Å²) in [5.41, 5.74) is -0.827. The van der Waals surface area contributed by atoms with Gasteiger partial charge in [0.05, 0.1) is 25.7 Å². The summed E-state index contributed by atoms with van der Waals surface area (Å²) in [5, 5.41) is 0. The second-order valence-electron chi connectivity index (χ2n) is 10.2. The predicted molar refractivity (Wildman–Crippen MR) is 140 cm³/mol. The summed E-state index contributed by atoms with van der Waals surface area (Å²) in [6.07, 6.45) is 5.66. The van der Waals surface area contributed by atoms with Crippen LogP contribution in [-0.2, 0) is 38.0 Å². The van der Waals surface area contributed by atoms with Crippen LogP contribution in [0.5, 0.6) is 0 Å². The van der Waals surface area contributed by atoms with Gasteiger partial charge in [-0.15, -0.1) is 0 Å². The lowest BCUT2D eigenvalue weighted by Crippen LogP contribution is -2.62. The minimum absolute atomic E-state index is 0.129. The summed E-state index contributed by atoms with van der Waals surface area (Å²) in [4.78, 5) is 12.3. The number of carbonyl (C=O) groups is 1. The summed E-state index contributed by atoms with van der Waals surface area (Å²) in [5.74, 6) is -0.335. The molecule has 1 heterocycles. The summed E-state index contributed by atoms with van der Waals surface area (Å²) in [6.45, 7) is 15.1. The standard InChI is InChI=1S/C28H54O8/c1-8-12-16-31-20-22-23(32-17-13-9-2)24(33-18-14-10-3)25(34-19-15-11-4)26(36-22)35-21-28(5,6)27(29)30-7/h22-26H,8-21H2,1-7H3/t22?,23-,24?,25?,26+/m0/s1. The Kier molecular flexibility index (Phi) is 17.8. The van der Waals surface area contributed by atoms with Crippen LogP contribution >= 0.6 is 0 Å². The van der Waals surface area contributed by atoms with Gasteiger partial charge in [-0.25, -0.2) is 0 Å². The molecule has 0 aromatic carbocycles. The number of carbonyl (C=O) groups excluding carboxylic acids is 1. The van der Waals surface area contributed by atoms with E-state index in [2.05, 4.69) is 27.7 Å². The van der Waals surface area contributed by atoms with E-state index < -0.39 is 17.8 Å². The molecule has 1 aliphatic heterocycles. The van der Waals surface area contributed by atoms with E-state index >= 15 is 0 Å². The lowest BCUT2D eigenvalue weighted by atomic mass is 9.94. The summed E-state index contributed by atoms with van der Waals surface area (Å²) in [7, 11) is 1.39. The van der Waals surface area contributed by atoms with Crippen LogP contribution in [0.4, 0.5) is 0 Å². The average molecular weight is 519 g/mol. The Hall–Kier alpha value is -0.770. The molecule has 0 spiro atoms. The van der Waals surface area contributed by atoms with E-state index in [1.54, 1.807) is 13.8 Å². The van der Waals surface area contributed by atoms with E-state index in [0.717, 1.165) is 51.4 Å². The topological polar surface area (TPSA) is 81.7 Å². The molecule has 214 valence electrons. The largest absolute Gasteiger partial charge is 0.469 e.